The molecule has 1 aromatic heterocycles. The zero-order chi connectivity index (χ0) is 11.3. The molecule has 0 aliphatic carbocycles. The summed E-state index contributed by atoms with van der Waals surface area (Å²) in [5.41, 5.74) is 0. The van der Waals surface area contributed by atoms with E-state index < -0.39 is 0 Å². The van der Waals surface area contributed by atoms with Crippen LogP contribution in [0, 0.1) is 0 Å². The highest BCUT2D eigenvalue weighted by Gasteiger charge is 2.07. The molecule has 1 N–H and O–H groups in total. The minimum absolute atomic E-state index is 0.114. The van der Waals surface area contributed by atoms with Crippen molar-refractivity contribution in [1.82, 2.24) is 9.97 Å². The van der Waals surface area contributed by atoms with Gasteiger partial charge in [-0.3, -0.25) is 0 Å². The summed E-state index contributed by atoms with van der Waals surface area (Å²) in [5.74, 6) is 1.54. The van der Waals surface area contributed by atoms with E-state index in [2.05, 4.69) is 9.97 Å². The molecule has 0 aliphatic heterocycles. The van der Waals surface area contributed by atoms with E-state index in [1.165, 1.54) is 0 Å². The van der Waals surface area contributed by atoms with Gasteiger partial charge >= 0.3 is 0 Å². The lowest BCUT2D eigenvalue weighted by molar-refractivity contribution is 0.301. The van der Waals surface area contributed by atoms with Crippen LogP contribution in [-0.4, -0.2) is 48.9 Å². The first-order chi connectivity index (χ1) is 7.19. The monoisotopic (exact) mass is 210 g/mol. The number of aliphatic hydroxyl groups is 1. The number of hydrogen-bond acceptors (Lipinski definition) is 5. The van der Waals surface area contributed by atoms with E-state index in [1.807, 2.05) is 36.9 Å². The molecule has 0 radical (unpaired) electrons. The van der Waals surface area contributed by atoms with Gasteiger partial charge in [0.25, 0.3) is 0 Å². The second-order valence-electron chi connectivity index (χ2n) is 3.41. The van der Waals surface area contributed by atoms with Crippen LogP contribution in [0.2, 0.25) is 0 Å². The number of hydrogen-bond donors (Lipinski definition) is 1. The van der Waals surface area contributed by atoms with E-state index in [0.717, 1.165) is 12.4 Å². The Hall–Kier alpha value is -1.36. The van der Waals surface area contributed by atoms with Gasteiger partial charge in [0.1, 0.15) is 5.82 Å². The van der Waals surface area contributed by atoms with Crippen LogP contribution < -0.4 is 9.80 Å². The van der Waals surface area contributed by atoms with Gasteiger partial charge in [-0.15, -0.1) is 0 Å². The number of likely N-dealkylation sites (N-methyl/N-ethyl adjacent to an activating group) is 1. The Balaban J connectivity index is 2.87. The van der Waals surface area contributed by atoms with Crippen molar-refractivity contribution in [3.63, 3.8) is 0 Å². The van der Waals surface area contributed by atoms with Gasteiger partial charge in [0, 0.05) is 33.4 Å². The molecule has 15 heavy (non-hydrogen) atoms. The van der Waals surface area contributed by atoms with Crippen molar-refractivity contribution in [2.45, 2.75) is 6.92 Å². The Labute approximate surface area is 90.4 Å². The minimum Gasteiger partial charge on any atom is -0.395 e. The lowest BCUT2D eigenvalue weighted by atomic mass is 10.5. The predicted molar refractivity (Wildman–Crippen MR) is 61.3 cm³/mol. The molecule has 0 aromatic carbocycles. The Morgan fingerprint density at radius 1 is 1.40 bits per heavy atom. The summed E-state index contributed by atoms with van der Waals surface area (Å²) >= 11 is 0. The number of aromatic nitrogens is 2. The van der Waals surface area contributed by atoms with Gasteiger partial charge in [-0.05, 0) is 13.0 Å². The highest BCUT2D eigenvalue weighted by atomic mass is 16.3. The van der Waals surface area contributed by atoms with Crippen molar-refractivity contribution in [1.29, 1.82) is 0 Å². The Kier molecular flexibility index (Phi) is 4.30. The molecular weight excluding hydrogens is 192 g/mol. The average Bonchev–Trinajstić information content (AvgIpc) is 2.26. The third-order valence-corrected chi connectivity index (χ3v) is 2.12. The van der Waals surface area contributed by atoms with Crippen LogP contribution in [0.5, 0.6) is 0 Å². The lowest BCUT2D eigenvalue weighted by Crippen LogP contribution is -2.28. The zero-order valence-electron chi connectivity index (χ0n) is 9.51. The third kappa shape index (κ3) is 3.06. The molecule has 0 saturated heterocycles. The first-order valence-electron chi connectivity index (χ1n) is 5.05. The summed E-state index contributed by atoms with van der Waals surface area (Å²) in [5, 5.41) is 8.90. The van der Waals surface area contributed by atoms with Gasteiger partial charge in [0.2, 0.25) is 5.95 Å². The van der Waals surface area contributed by atoms with Gasteiger partial charge in [-0.2, -0.15) is 4.98 Å². The number of nitrogens with zero attached hydrogens (tertiary/aromatic N) is 4. The van der Waals surface area contributed by atoms with Crippen LogP contribution in [0.25, 0.3) is 0 Å². The van der Waals surface area contributed by atoms with Crippen molar-refractivity contribution in [3.8, 4) is 0 Å². The largest absolute Gasteiger partial charge is 0.395 e. The maximum atomic E-state index is 8.90. The standard InChI is InChI=1S/C10H18N4O/c1-4-14(7-8-15)10-11-6-5-9(12-10)13(2)3/h5-6,15H,4,7-8H2,1-3H3. The molecular formula is C10H18N4O. The maximum Gasteiger partial charge on any atom is 0.227 e. The van der Waals surface area contributed by atoms with Crippen molar-refractivity contribution < 1.29 is 5.11 Å². The van der Waals surface area contributed by atoms with E-state index in [-0.39, 0.29) is 6.61 Å². The zero-order valence-corrected chi connectivity index (χ0v) is 9.51. The van der Waals surface area contributed by atoms with Crippen molar-refractivity contribution in [2.24, 2.45) is 0 Å². The summed E-state index contributed by atoms with van der Waals surface area (Å²) in [4.78, 5) is 12.4. The molecule has 5 heteroatoms. The summed E-state index contributed by atoms with van der Waals surface area (Å²) in [6, 6.07) is 1.86. The molecule has 84 valence electrons. The maximum absolute atomic E-state index is 8.90. The molecule has 0 spiro atoms. The van der Waals surface area contributed by atoms with E-state index in [4.69, 9.17) is 5.11 Å². The summed E-state index contributed by atoms with van der Waals surface area (Å²) < 4.78 is 0. The Morgan fingerprint density at radius 3 is 2.67 bits per heavy atom. The molecule has 0 aliphatic rings. The van der Waals surface area contributed by atoms with Gasteiger partial charge < -0.3 is 14.9 Å². The predicted octanol–water partition coefficient (Wildman–Crippen LogP) is 0.361. The normalized spacial score (nSPS) is 10.1. The quantitative estimate of drug-likeness (QED) is 0.760. The fourth-order valence-electron chi connectivity index (χ4n) is 1.26. The summed E-state index contributed by atoms with van der Waals surface area (Å²) in [7, 11) is 3.88. The molecule has 1 rings (SSSR count). The molecule has 5 nitrogen and oxygen atoms in total. The highest BCUT2D eigenvalue weighted by Crippen LogP contribution is 2.11. The van der Waals surface area contributed by atoms with Gasteiger partial charge in [0.05, 0.1) is 6.61 Å². The Morgan fingerprint density at radius 2 is 2.13 bits per heavy atom. The SMILES string of the molecule is CCN(CCO)c1nccc(N(C)C)n1. The third-order valence-electron chi connectivity index (χ3n) is 2.12. The van der Waals surface area contributed by atoms with Crippen molar-refractivity contribution in [3.05, 3.63) is 12.3 Å². The summed E-state index contributed by atoms with van der Waals surface area (Å²) in [6.45, 7) is 3.48. The Bertz CT molecular complexity index is 303. The number of aliphatic hydroxyl groups excluding tert-OH is 1. The van der Waals surface area contributed by atoms with Gasteiger partial charge in [0.15, 0.2) is 0 Å². The molecule has 0 saturated carbocycles. The van der Waals surface area contributed by atoms with Crippen LogP contribution in [0.4, 0.5) is 11.8 Å². The first-order valence-corrected chi connectivity index (χ1v) is 5.05. The first kappa shape index (κ1) is 11.7. The second kappa shape index (κ2) is 5.50. The second-order valence-corrected chi connectivity index (χ2v) is 3.41. The molecule has 0 fully saturated rings. The summed E-state index contributed by atoms with van der Waals surface area (Å²) in [6.07, 6.45) is 1.73. The molecule has 0 bridgehead atoms. The highest BCUT2D eigenvalue weighted by molar-refractivity contribution is 5.42. The topological polar surface area (TPSA) is 52.5 Å². The van der Waals surface area contributed by atoms with Gasteiger partial charge in [-0.1, -0.05) is 0 Å². The fraction of sp³-hybridized carbons (Fsp3) is 0.600. The van der Waals surface area contributed by atoms with Crippen LogP contribution in [0.1, 0.15) is 6.92 Å². The van der Waals surface area contributed by atoms with E-state index in [0.29, 0.717) is 12.5 Å². The molecule has 1 heterocycles. The number of rotatable bonds is 5. The van der Waals surface area contributed by atoms with Crippen LogP contribution in [0.15, 0.2) is 12.3 Å². The van der Waals surface area contributed by atoms with E-state index in [1.54, 1.807) is 6.20 Å². The van der Waals surface area contributed by atoms with Crippen molar-refractivity contribution in [2.75, 3.05) is 43.6 Å². The van der Waals surface area contributed by atoms with Crippen LogP contribution in [0.3, 0.4) is 0 Å². The number of anilines is 2. The average molecular weight is 210 g/mol. The van der Waals surface area contributed by atoms with Gasteiger partial charge in [-0.25, -0.2) is 4.98 Å². The van der Waals surface area contributed by atoms with E-state index in [9.17, 15) is 0 Å². The van der Waals surface area contributed by atoms with Crippen LogP contribution >= 0.6 is 0 Å². The molecule has 1 aromatic rings. The minimum atomic E-state index is 0.114. The lowest BCUT2D eigenvalue weighted by Gasteiger charge is -2.21. The molecule has 0 unspecified atom stereocenters. The van der Waals surface area contributed by atoms with E-state index >= 15 is 0 Å². The molecule has 0 atom stereocenters. The fourth-order valence-corrected chi connectivity index (χ4v) is 1.26. The van der Waals surface area contributed by atoms with Crippen molar-refractivity contribution >= 4 is 11.8 Å². The van der Waals surface area contributed by atoms with Crippen LogP contribution in [-0.2, 0) is 0 Å². The molecule has 0 amide bonds. The smallest absolute Gasteiger partial charge is 0.227 e.